The van der Waals surface area contributed by atoms with Gasteiger partial charge in [-0.3, -0.25) is 0 Å². The second kappa shape index (κ2) is 5.37. The third-order valence-corrected chi connectivity index (χ3v) is 2.89. The fraction of sp³-hybridized carbons (Fsp3) is 0.167. The predicted octanol–water partition coefficient (Wildman–Crippen LogP) is 2.56. The first kappa shape index (κ1) is 12.9. The van der Waals surface area contributed by atoms with Crippen LogP contribution in [0.15, 0.2) is 30.6 Å². The number of halogens is 1. The van der Waals surface area contributed by atoms with Crippen LogP contribution in [0, 0.1) is 0 Å². The Morgan fingerprint density at radius 1 is 1.56 bits per heavy atom. The number of hydrogen-bond donors (Lipinski definition) is 1. The zero-order valence-corrected chi connectivity index (χ0v) is 11.3. The van der Waals surface area contributed by atoms with Crippen molar-refractivity contribution in [2.45, 2.75) is 6.92 Å². The van der Waals surface area contributed by atoms with Gasteiger partial charge in [-0.15, -0.1) is 0 Å². The number of hydrogen-bond acceptors (Lipinski definition) is 3. The van der Waals surface area contributed by atoms with Crippen LogP contribution in [0.1, 0.15) is 12.5 Å². The Bertz CT molecular complexity index is 582. The van der Waals surface area contributed by atoms with Crippen LogP contribution in [0.25, 0.3) is 5.69 Å². The lowest BCUT2D eigenvalue weighted by atomic mass is 10.2. The van der Waals surface area contributed by atoms with Crippen molar-refractivity contribution in [3.05, 3.63) is 41.2 Å². The van der Waals surface area contributed by atoms with Gasteiger partial charge in [0.2, 0.25) is 0 Å². The Kier molecular flexibility index (Phi) is 3.84. The first-order chi connectivity index (χ1) is 8.61. The van der Waals surface area contributed by atoms with Gasteiger partial charge in [0.25, 0.3) is 0 Å². The highest BCUT2D eigenvalue weighted by molar-refractivity contribution is 7.80. The SMILES string of the molecule is CCOc1cnn(-c2ccc(C(N)=S)c(Cl)c2)c1. The monoisotopic (exact) mass is 281 g/mol. The number of benzene rings is 1. The molecule has 0 saturated heterocycles. The van der Waals surface area contributed by atoms with Crippen molar-refractivity contribution >= 4 is 28.8 Å². The van der Waals surface area contributed by atoms with Gasteiger partial charge in [0.05, 0.1) is 29.7 Å². The van der Waals surface area contributed by atoms with E-state index in [1.54, 1.807) is 29.2 Å². The summed E-state index contributed by atoms with van der Waals surface area (Å²) < 4.78 is 7.02. The topological polar surface area (TPSA) is 53.1 Å². The molecule has 0 aliphatic carbocycles. The first-order valence-electron chi connectivity index (χ1n) is 5.39. The zero-order chi connectivity index (χ0) is 13.1. The summed E-state index contributed by atoms with van der Waals surface area (Å²) in [6, 6.07) is 5.39. The maximum atomic E-state index is 6.10. The van der Waals surface area contributed by atoms with Gasteiger partial charge < -0.3 is 10.5 Å². The lowest BCUT2D eigenvalue weighted by Gasteiger charge is -2.05. The van der Waals surface area contributed by atoms with E-state index in [2.05, 4.69) is 5.10 Å². The standard InChI is InChI=1S/C12H12ClN3OS/c1-2-17-9-6-15-16(7-9)8-3-4-10(12(14)18)11(13)5-8/h3-7H,2H2,1H3,(H2,14,18). The summed E-state index contributed by atoms with van der Waals surface area (Å²) in [6.07, 6.45) is 3.44. The Balaban J connectivity index is 2.33. The number of nitrogens with two attached hydrogens (primary N) is 1. The molecule has 0 saturated carbocycles. The van der Waals surface area contributed by atoms with Crippen molar-refractivity contribution < 1.29 is 4.74 Å². The molecule has 0 atom stereocenters. The van der Waals surface area contributed by atoms with Crippen LogP contribution in [-0.4, -0.2) is 21.4 Å². The van der Waals surface area contributed by atoms with Crippen molar-refractivity contribution in [2.75, 3.05) is 6.61 Å². The number of rotatable bonds is 4. The highest BCUT2D eigenvalue weighted by Crippen LogP contribution is 2.21. The van der Waals surface area contributed by atoms with Gasteiger partial charge in [-0.1, -0.05) is 23.8 Å². The molecule has 1 heterocycles. The van der Waals surface area contributed by atoms with Gasteiger partial charge in [-0.25, -0.2) is 4.68 Å². The van der Waals surface area contributed by atoms with Crippen LogP contribution in [0.5, 0.6) is 5.75 Å². The summed E-state index contributed by atoms with van der Waals surface area (Å²) in [5.74, 6) is 0.715. The molecule has 1 aromatic carbocycles. The summed E-state index contributed by atoms with van der Waals surface area (Å²) in [6.45, 7) is 2.53. The second-order valence-corrected chi connectivity index (χ2v) is 4.43. The van der Waals surface area contributed by atoms with Gasteiger partial charge >= 0.3 is 0 Å². The summed E-state index contributed by atoms with van der Waals surface area (Å²) in [7, 11) is 0. The van der Waals surface area contributed by atoms with Gasteiger partial charge in [0.1, 0.15) is 4.99 Å². The number of aromatic nitrogens is 2. The van der Waals surface area contributed by atoms with E-state index in [4.69, 9.17) is 34.3 Å². The van der Waals surface area contributed by atoms with Gasteiger partial charge in [-0.2, -0.15) is 5.10 Å². The minimum atomic E-state index is 0.280. The van der Waals surface area contributed by atoms with Crippen LogP contribution >= 0.6 is 23.8 Å². The third kappa shape index (κ3) is 2.63. The maximum Gasteiger partial charge on any atom is 0.157 e. The molecule has 4 nitrogen and oxygen atoms in total. The Labute approximate surface area is 115 Å². The van der Waals surface area contributed by atoms with Crippen molar-refractivity contribution in [3.63, 3.8) is 0 Å². The van der Waals surface area contributed by atoms with Crippen LogP contribution in [0.4, 0.5) is 0 Å². The molecule has 0 aliphatic heterocycles. The van der Waals surface area contributed by atoms with Crippen LogP contribution in [-0.2, 0) is 0 Å². The molecule has 2 aromatic rings. The van der Waals surface area contributed by atoms with Crippen LogP contribution in [0.2, 0.25) is 5.02 Å². The van der Waals surface area contributed by atoms with E-state index in [-0.39, 0.29) is 4.99 Å². The smallest absolute Gasteiger partial charge is 0.157 e. The molecule has 6 heteroatoms. The molecular weight excluding hydrogens is 270 g/mol. The van der Waals surface area contributed by atoms with E-state index in [0.29, 0.717) is 22.9 Å². The van der Waals surface area contributed by atoms with Gasteiger partial charge in [0.15, 0.2) is 5.75 Å². The molecule has 94 valence electrons. The Morgan fingerprint density at radius 3 is 2.94 bits per heavy atom. The summed E-state index contributed by atoms with van der Waals surface area (Å²) >= 11 is 11.0. The lowest BCUT2D eigenvalue weighted by molar-refractivity contribution is 0.340. The molecule has 1 aromatic heterocycles. The highest BCUT2D eigenvalue weighted by atomic mass is 35.5. The molecule has 2 rings (SSSR count). The van der Waals surface area contributed by atoms with Crippen molar-refractivity contribution in [1.82, 2.24) is 9.78 Å². The molecule has 0 spiro atoms. The minimum absolute atomic E-state index is 0.280. The normalized spacial score (nSPS) is 10.3. The number of nitrogens with zero attached hydrogens (tertiary/aromatic N) is 2. The first-order valence-corrected chi connectivity index (χ1v) is 6.17. The van der Waals surface area contributed by atoms with Crippen molar-refractivity contribution in [2.24, 2.45) is 5.73 Å². The lowest BCUT2D eigenvalue weighted by Crippen LogP contribution is -2.10. The molecule has 0 fully saturated rings. The molecule has 2 N–H and O–H groups in total. The molecule has 18 heavy (non-hydrogen) atoms. The van der Waals surface area contributed by atoms with E-state index in [0.717, 1.165) is 5.69 Å². The van der Waals surface area contributed by atoms with E-state index >= 15 is 0 Å². The maximum absolute atomic E-state index is 6.10. The molecule has 0 bridgehead atoms. The van der Waals surface area contributed by atoms with E-state index in [9.17, 15) is 0 Å². The van der Waals surface area contributed by atoms with Gasteiger partial charge in [-0.05, 0) is 25.1 Å². The predicted molar refractivity (Wildman–Crippen MR) is 75.6 cm³/mol. The highest BCUT2D eigenvalue weighted by Gasteiger charge is 2.07. The molecular formula is C12H12ClN3OS. The largest absolute Gasteiger partial charge is 0.491 e. The quantitative estimate of drug-likeness (QED) is 0.875. The van der Waals surface area contributed by atoms with E-state index in [1.165, 1.54) is 0 Å². The van der Waals surface area contributed by atoms with Gasteiger partial charge in [0, 0.05) is 5.56 Å². The average Bonchev–Trinajstić information content (AvgIpc) is 2.77. The van der Waals surface area contributed by atoms with E-state index in [1.807, 2.05) is 13.0 Å². The molecule has 0 unspecified atom stereocenters. The molecule has 0 amide bonds. The van der Waals surface area contributed by atoms with Crippen LogP contribution < -0.4 is 10.5 Å². The van der Waals surface area contributed by atoms with Crippen molar-refractivity contribution in [1.29, 1.82) is 0 Å². The summed E-state index contributed by atoms with van der Waals surface area (Å²) in [5.41, 5.74) is 7.04. The summed E-state index contributed by atoms with van der Waals surface area (Å²) in [5, 5.41) is 4.70. The molecule has 0 radical (unpaired) electrons. The van der Waals surface area contributed by atoms with Crippen LogP contribution in [0.3, 0.4) is 0 Å². The Morgan fingerprint density at radius 2 is 2.33 bits per heavy atom. The fourth-order valence-electron chi connectivity index (χ4n) is 1.54. The average molecular weight is 282 g/mol. The number of thiocarbonyl (C=S) groups is 1. The zero-order valence-electron chi connectivity index (χ0n) is 9.76. The third-order valence-electron chi connectivity index (χ3n) is 2.35. The van der Waals surface area contributed by atoms with E-state index < -0.39 is 0 Å². The fourth-order valence-corrected chi connectivity index (χ4v) is 2.05. The molecule has 0 aliphatic rings. The second-order valence-electron chi connectivity index (χ2n) is 3.58. The Hall–Kier alpha value is -1.59. The van der Waals surface area contributed by atoms with Crippen molar-refractivity contribution in [3.8, 4) is 11.4 Å². The minimum Gasteiger partial charge on any atom is -0.491 e. The summed E-state index contributed by atoms with van der Waals surface area (Å²) in [4.78, 5) is 0.280. The number of ether oxygens (including phenoxy) is 1.